The molecule has 2 aromatic rings. The van der Waals surface area contributed by atoms with Gasteiger partial charge in [-0.25, -0.2) is 0 Å². The van der Waals surface area contributed by atoms with Crippen molar-refractivity contribution in [2.75, 3.05) is 0 Å². The van der Waals surface area contributed by atoms with Crippen molar-refractivity contribution < 1.29 is 4.79 Å². The number of nitrogens with zero attached hydrogens (tertiary/aromatic N) is 4. The highest BCUT2D eigenvalue weighted by molar-refractivity contribution is 6.29. The largest absolute Gasteiger partial charge is 0.345 e. The quantitative estimate of drug-likeness (QED) is 0.876. The normalized spacial score (nSPS) is 10.2. The van der Waals surface area contributed by atoms with E-state index in [1.807, 2.05) is 13.1 Å². The predicted molar refractivity (Wildman–Crippen MR) is 61.4 cm³/mol. The summed E-state index contributed by atoms with van der Waals surface area (Å²) in [4.78, 5) is 11.7. The van der Waals surface area contributed by atoms with Crippen LogP contribution in [0.5, 0.6) is 0 Å². The van der Waals surface area contributed by atoms with Crippen LogP contribution in [0.1, 0.15) is 16.2 Å². The van der Waals surface area contributed by atoms with Crippen LogP contribution >= 0.6 is 11.6 Å². The molecule has 0 saturated carbocycles. The number of aromatic nitrogens is 4. The van der Waals surface area contributed by atoms with E-state index < -0.39 is 0 Å². The molecule has 0 aromatic carbocycles. The molecule has 2 aromatic heterocycles. The van der Waals surface area contributed by atoms with E-state index in [-0.39, 0.29) is 16.8 Å². The molecule has 0 radical (unpaired) electrons. The Morgan fingerprint density at radius 1 is 1.41 bits per heavy atom. The molecule has 1 N–H and O–H groups in total. The van der Waals surface area contributed by atoms with Crippen LogP contribution in [0.4, 0.5) is 0 Å². The van der Waals surface area contributed by atoms with Crippen molar-refractivity contribution in [1.29, 1.82) is 0 Å². The fraction of sp³-hybridized carbons (Fsp3) is 0.200. The van der Waals surface area contributed by atoms with Crippen LogP contribution in [0.3, 0.4) is 0 Å². The minimum atomic E-state index is -0.296. The lowest BCUT2D eigenvalue weighted by molar-refractivity contribution is 0.0944. The summed E-state index contributed by atoms with van der Waals surface area (Å²) in [7, 11) is 1.81. The van der Waals surface area contributed by atoms with E-state index in [0.717, 1.165) is 5.69 Å². The fourth-order valence-corrected chi connectivity index (χ4v) is 1.37. The molecule has 0 unspecified atom stereocenters. The van der Waals surface area contributed by atoms with Gasteiger partial charge in [0.1, 0.15) is 0 Å². The molecule has 0 fully saturated rings. The van der Waals surface area contributed by atoms with Gasteiger partial charge in [0.05, 0.1) is 12.2 Å². The Bertz CT molecular complexity index is 522. The highest BCUT2D eigenvalue weighted by Crippen LogP contribution is 2.02. The van der Waals surface area contributed by atoms with E-state index in [0.29, 0.717) is 6.54 Å². The first-order chi connectivity index (χ1) is 8.16. The Labute approximate surface area is 103 Å². The van der Waals surface area contributed by atoms with Crippen molar-refractivity contribution in [3.63, 3.8) is 0 Å². The minimum Gasteiger partial charge on any atom is -0.345 e. The molecule has 2 heterocycles. The van der Waals surface area contributed by atoms with E-state index in [4.69, 9.17) is 11.6 Å². The van der Waals surface area contributed by atoms with Crippen LogP contribution in [0, 0.1) is 0 Å². The maximum Gasteiger partial charge on any atom is 0.272 e. The smallest absolute Gasteiger partial charge is 0.272 e. The number of hydrogen-bond acceptors (Lipinski definition) is 4. The lowest BCUT2D eigenvalue weighted by Gasteiger charge is -2.04. The molecule has 17 heavy (non-hydrogen) atoms. The van der Waals surface area contributed by atoms with Gasteiger partial charge in [0.2, 0.25) is 0 Å². The summed E-state index contributed by atoms with van der Waals surface area (Å²) in [5.41, 5.74) is 1.14. The highest BCUT2D eigenvalue weighted by atomic mass is 35.5. The van der Waals surface area contributed by atoms with E-state index >= 15 is 0 Å². The number of aryl methyl sites for hydroxylation is 1. The van der Waals surface area contributed by atoms with Gasteiger partial charge in [-0.05, 0) is 18.2 Å². The summed E-state index contributed by atoms with van der Waals surface area (Å²) in [6.07, 6.45) is 1.67. The highest BCUT2D eigenvalue weighted by Gasteiger charge is 2.08. The standard InChI is InChI=1S/C10H10ClN5O/c1-16-7(4-5-13-16)6-12-10(17)8-2-3-9(11)15-14-8/h2-5H,6H2,1H3,(H,12,17). The summed E-state index contributed by atoms with van der Waals surface area (Å²) in [6.45, 7) is 0.389. The van der Waals surface area contributed by atoms with Crippen LogP contribution in [-0.2, 0) is 13.6 Å². The Balaban J connectivity index is 1.98. The second kappa shape index (κ2) is 4.92. The van der Waals surface area contributed by atoms with Crippen LogP contribution in [0.25, 0.3) is 0 Å². The van der Waals surface area contributed by atoms with Crippen molar-refractivity contribution >= 4 is 17.5 Å². The number of carbonyl (C=O) groups excluding carboxylic acids is 1. The number of halogens is 1. The number of carbonyl (C=O) groups is 1. The average molecular weight is 252 g/mol. The Morgan fingerprint density at radius 2 is 2.24 bits per heavy atom. The van der Waals surface area contributed by atoms with Crippen molar-refractivity contribution in [3.05, 3.63) is 40.9 Å². The van der Waals surface area contributed by atoms with Crippen LogP contribution < -0.4 is 5.32 Å². The minimum absolute atomic E-state index is 0.233. The van der Waals surface area contributed by atoms with E-state index in [1.165, 1.54) is 12.1 Å². The lowest BCUT2D eigenvalue weighted by atomic mass is 10.3. The Morgan fingerprint density at radius 3 is 2.82 bits per heavy atom. The van der Waals surface area contributed by atoms with Gasteiger partial charge in [-0.15, -0.1) is 10.2 Å². The van der Waals surface area contributed by atoms with E-state index in [2.05, 4.69) is 20.6 Å². The first-order valence-corrected chi connectivity index (χ1v) is 5.29. The lowest BCUT2D eigenvalue weighted by Crippen LogP contribution is -2.25. The number of nitrogens with one attached hydrogen (secondary N) is 1. The molecule has 0 aliphatic carbocycles. The van der Waals surface area contributed by atoms with Crippen molar-refractivity contribution in [1.82, 2.24) is 25.3 Å². The molecule has 7 heteroatoms. The first kappa shape index (κ1) is 11.5. The van der Waals surface area contributed by atoms with Gasteiger partial charge in [0.15, 0.2) is 10.8 Å². The molecule has 0 aliphatic heterocycles. The number of rotatable bonds is 3. The van der Waals surface area contributed by atoms with Gasteiger partial charge in [-0.2, -0.15) is 5.10 Å². The summed E-state index contributed by atoms with van der Waals surface area (Å²) in [5, 5.41) is 14.3. The Hall–Kier alpha value is -1.95. The molecule has 1 amide bonds. The molecule has 88 valence electrons. The molecule has 0 atom stereocenters. The number of amides is 1. The van der Waals surface area contributed by atoms with Crippen molar-refractivity contribution in [3.8, 4) is 0 Å². The second-order valence-corrected chi connectivity index (χ2v) is 3.76. The van der Waals surface area contributed by atoms with Crippen LogP contribution in [0.2, 0.25) is 5.15 Å². The molecule has 0 bridgehead atoms. The van der Waals surface area contributed by atoms with Gasteiger partial charge >= 0.3 is 0 Å². The third-order valence-electron chi connectivity index (χ3n) is 2.22. The summed E-state index contributed by atoms with van der Waals surface area (Å²) >= 11 is 5.58. The first-order valence-electron chi connectivity index (χ1n) is 4.91. The topological polar surface area (TPSA) is 72.7 Å². The summed E-state index contributed by atoms with van der Waals surface area (Å²) in [6, 6.07) is 4.87. The second-order valence-electron chi connectivity index (χ2n) is 3.37. The van der Waals surface area contributed by atoms with Crippen LogP contribution in [0.15, 0.2) is 24.4 Å². The van der Waals surface area contributed by atoms with E-state index in [1.54, 1.807) is 10.9 Å². The van der Waals surface area contributed by atoms with Crippen molar-refractivity contribution in [2.24, 2.45) is 7.05 Å². The zero-order valence-corrected chi connectivity index (χ0v) is 9.85. The predicted octanol–water partition coefficient (Wildman–Crippen LogP) is 0.794. The zero-order valence-electron chi connectivity index (χ0n) is 9.09. The van der Waals surface area contributed by atoms with Gasteiger partial charge in [-0.3, -0.25) is 9.48 Å². The Kier molecular flexibility index (Phi) is 3.34. The summed E-state index contributed by atoms with van der Waals surface area (Å²) in [5.74, 6) is -0.296. The molecular formula is C10H10ClN5O. The third-order valence-corrected chi connectivity index (χ3v) is 2.42. The van der Waals surface area contributed by atoms with Gasteiger partial charge in [0.25, 0.3) is 5.91 Å². The number of hydrogen-bond donors (Lipinski definition) is 1. The molecule has 0 spiro atoms. The third kappa shape index (κ3) is 2.79. The maximum atomic E-state index is 11.7. The molecule has 6 nitrogen and oxygen atoms in total. The fourth-order valence-electron chi connectivity index (χ4n) is 1.27. The molecule has 0 saturated heterocycles. The zero-order chi connectivity index (χ0) is 12.3. The average Bonchev–Trinajstić information content (AvgIpc) is 2.73. The van der Waals surface area contributed by atoms with Crippen LogP contribution in [-0.4, -0.2) is 25.9 Å². The monoisotopic (exact) mass is 251 g/mol. The van der Waals surface area contributed by atoms with Gasteiger partial charge in [0, 0.05) is 13.2 Å². The molecule has 0 aliphatic rings. The summed E-state index contributed by atoms with van der Waals surface area (Å²) < 4.78 is 1.69. The van der Waals surface area contributed by atoms with Gasteiger partial charge < -0.3 is 5.32 Å². The van der Waals surface area contributed by atoms with Gasteiger partial charge in [-0.1, -0.05) is 11.6 Å². The van der Waals surface area contributed by atoms with E-state index in [9.17, 15) is 4.79 Å². The SMILES string of the molecule is Cn1nccc1CNC(=O)c1ccc(Cl)nn1. The molecular weight excluding hydrogens is 242 g/mol. The maximum absolute atomic E-state index is 11.7. The molecule has 2 rings (SSSR count). The van der Waals surface area contributed by atoms with Crippen molar-refractivity contribution in [2.45, 2.75) is 6.54 Å².